The molecule has 1 aromatic rings. The summed E-state index contributed by atoms with van der Waals surface area (Å²) in [5.74, 6) is 0. The number of hydrogen-bond donors (Lipinski definition) is 1. The van der Waals surface area contributed by atoms with Gasteiger partial charge in [0.1, 0.15) is 0 Å². The van der Waals surface area contributed by atoms with Gasteiger partial charge in [-0.1, -0.05) is 29.2 Å². The van der Waals surface area contributed by atoms with Crippen molar-refractivity contribution in [2.24, 2.45) is 5.11 Å². The monoisotopic (exact) mass is 280 g/mol. The lowest BCUT2D eigenvalue weighted by Crippen LogP contribution is -2.38. The highest BCUT2D eigenvalue weighted by Gasteiger charge is 2.30. The van der Waals surface area contributed by atoms with Gasteiger partial charge in [-0.05, 0) is 37.4 Å². The minimum absolute atomic E-state index is 0.240. The van der Waals surface area contributed by atoms with Crippen LogP contribution in [0.5, 0.6) is 0 Å². The second kappa shape index (κ2) is 5.61. The lowest BCUT2D eigenvalue weighted by Gasteiger charge is -2.17. The fourth-order valence-corrected chi connectivity index (χ4v) is 3.57. The summed E-state index contributed by atoms with van der Waals surface area (Å²) in [6.07, 6.45) is 2.30. The van der Waals surface area contributed by atoms with Gasteiger partial charge >= 0.3 is 0 Å². The topological polar surface area (TPSA) is 94.9 Å². The van der Waals surface area contributed by atoms with Crippen LogP contribution in [-0.4, -0.2) is 20.5 Å². The molecule has 1 aliphatic carbocycles. The van der Waals surface area contributed by atoms with Crippen LogP contribution >= 0.6 is 0 Å². The molecule has 1 fully saturated rings. The molecule has 2 atom stereocenters. The lowest BCUT2D eigenvalue weighted by molar-refractivity contribution is 0.521. The minimum Gasteiger partial charge on any atom is -0.208 e. The smallest absolute Gasteiger partial charge is 0.208 e. The van der Waals surface area contributed by atoms with Gasteiger partial charge in [-0.3, -0.25) is 0 Å². The zero-order valence-corrected chi connectivity index (χ0v) is 11.5. The van der Waals surface area contributed by atoms with Crippen molar-refractivity contribution in [2.45, 2.75) is 43.2 Å². The van der Waals surface area contributed by atoms with E-state index in [9.17, 15) is 8.42 Å². The van der Waals surface area contributed by atoms with Gasteiger partial charge in [-0.2, -0.15) is 0 Å². The van der Waals surface area contributed by atoms with Gasteiger partial charge in [0.25, 0.3) is 0 Å². The van der Waals surface area contributed by atoms with Gasteiger partial charge in [-0.15, -0.1) is 0 Å². The molecule has 0 radical (unpaired) electrons. The number of hydrogen-bond acceptors (Lipinski definition) is 3. The second-order valence-corrected chi connectivity index (χ2v) is 6.46. The predicted molar refractivity (Wildman–Crippen MR) is 72.1 cm³/mol. The number of rotatable bonds is 4. The molecule has 0 amide bonds. The Morgan fingerprint density at radius 3 is 2.63 bits per heavy atom. The van der Waals surface area contributed by atoms with Gasteiger partial charge in [0.2, 0.25) is 10.0 Å². The van der Waals surface area contributed by atoms with Crippen molar-refractivity contribution >= 4 is 10.0 Å². The van der Waals surface area contributed by atoms with E-state index in [1.807, 2.05) is 6.92 Å². The van der Waals surface area contributed by atoms with Crippen LogP contribution in [0.2, 0.25) is 0 Å². The Balaban J connectivity index is 2.17. The van der Waals surface area contributed by atoms with E-state index in [1.54, 1.807) is 24.3 Å². The summed E-state index contributed by atoms with van der Waals surface area (Å²) in [5, 5.41) is 3.65. The average Bonchev–Trinajstić information content (AvgIpc) is 2.77. The molecule has 0 aromatic heterocycles. The predicted octanol–water partition coefficient (Wildman–Crippen LogP) is 2.50. The van der Waals surface area contributed by atoms with Crippen LogP contribution in [-0.2, 0) is 10.0 Å². The van der Waals surface area contributed by atoms with Gasteiger partial charge in [0.05, 0.1) is 10.9 Å². The zero-order chi connectivity index (χ0) is 13.9. The first-order chi connectivity index (χ1) is 9.03. The number of benzene rings is 1. The quantitative estimate of drug-likeness (QED) is 0.521. The summed E-state index contributed by atoms with van der Waals surface area (Å²) in [7, 11) is -3.54. The average molecular weight is 280 g/mol. The standard InChI is InChI=1S/C12H16N4O2S/c1-9-5-7-10(8-6-9)19(17,18)15-12-4-2-3-11(12)14-16-13/h5-8,11-12,15H,2-4H2,1H3. The van der Waals surface area contributed by atoms with Crippen molar-refractivity contribution in [2.75, 3.05) is 0 Å². The Morgan fingerprint density at radius 2 is 2.00 bits per heavy atom. The molecule has 1 aliphatic rings. The lowest BCUT2D eigenvalue weighted by atomic mass is 10.2. The first-order valence-corrected chi connectivity index (χ1v) is 7.64. The molecular weight excluding hydrogens is 264 g/mol. The summed E-state index contributed by atoms with van der Waals surface area (Å²) >= 11 is 0. The Morgan fingerprint density at radius 1 is 1.32 bits per heavy atom. The van der Waals surface area contributed by atoms with Crippen molar-refractivity contribution < 1.29 is 8.42 Å². The number of nitrogens with one attached hydrogen (secondary N) is 1. The highest BCUT2D eigenvalue weighted by atomic mass is 32.2. The Bertz CT molecular complexity index is 591. The maximum atomic E-state index is 12.2. The molecule has 0 saturated heterocycles. The summed E-state index contributed by atoms with van der Waals surface area (Å²) < 4.78 is 27.0. The summed E-state index contributed by atoms with van der Waals surface area (Å²) in [4.78, 5) is 3.01. The molecule has 0 aliphatic heterocycles. The van der Waals surface area contributed by atoms with Crippen LogP contribution in [0.3, 0.4) is 0 Å². The number of nitrogens with zero attached hydrogens (tertiary/aromatic N) is 3. The number of aryl methyl sites for hydroxylation is 1. The third-order valence-corrected chi connectivity index (χ3v) is 4.82. The Hall–Kier alpha value is -1.56. The maximum Gasteiger partial charge on any atom is 0.240 e. The van der Waals surface area contributed by atoms with E-state index < -0.39 is 10.0 Å². The van der Waals surface area contributed by atoms with Crippen molar-refractivity contribution in [3.05, 3.63) is 40.3 Å². The third-order valence-electron chi connectivity index (χ3n) is 3.32. The largest absolute Gasteiger partial charge is 0.240 e. The fraction of sp³-hybridized carbons (Fsp3) is 0.500. The van der Waals surface area contributed by atoms with Crippen LogP contribution in [0.15, 0.2) is 34.3 Å². The van der Waals surface area contributed by atoms with Crippen molar-refractivity contribution in [3.63, 3.8) is 0 Å². The Labute approximate surface area is 112 Å². The molecule has 7 heteroatoms. The maximum absolute atomic E-state index is 12.2. The third kappa shape index (κ3) is 3.26. The molecule has 0 bridgehead atoms. The summed E-state index contributed by atoms with van der Waals surface area (Å²) in [5.41, 5.74) is 9.48. The first kappa shape index (κ1) is 13.9. The minimum atomic E-state index is -3.54. The molecule has 0 heterocycles. The molecule has 19 heavy (non-hydrogen) atoms. The zero-order valence-electron chi connectivity index (χ0n) is 10.7. The molecule has 6 nitrogen and oxygen atoms in total. The summed E-state index contributed by atoms with van der Waals surface area (Å²) in [6, 6.07) is 6.08. The van der Waals surface area contributed by atoms with Crippen molar-refractivity contribution in [3.8, 4) is 0 Å². The van der Waals surface area contributed by atoms with E-state index in [2.05, 4.69) is 14.7 Å². The second-order valence-electron chi connectivity index (χ2n) is 4.74. The van der Waals surface area contributed by atoms with Gasteiger partial charge in [0.15, 0.2) is 0 Å². The van der Waals surface area contributed by atoms with E-state index in [4.69, 9.17) is 5.53 Å². The van der Waals surface area contributed by atoms with Crippen molar-refractivity contribution in [1.29, 1.82) is 0 Å². The molecule has 1 saturated carbocycles. The van der Waals surface area contributed by atoms with E-state index in [0.717, 1.165) is 18.4 Å². The van der Waals surface area contributed by atoms with E-state index in [0.29, 0.717) is 6.42 Å². The van der Waals surface area contributed by atoms with Crippen LogP contribution in [0, 0.1) is 6.92 Å². The fourth-order valence-electron chi connectivity index (χ4n) is 2.27. The molecular formula is C12H16N4O2S. The van der Waals surface area contributed by atoms with Crippen molar-refractivity contribution in [1.82, 2.24) is 4.72 Å². The molecule has 2 unspecified atom stereocenters. The van der Waals surface area contributed by atoms with Gasteiger partial charge < -0.3 is 0 Å². The first-order valence-electron chi connectivity index (χ1n) is 6.16. The van der Waals surface area contributed by atoms with E-state index >= 15 is 0 Å². The van der Waals surface area contributed by atoms with Gasteiger partial charge in [0, 0.05) is 11.0 Å². The van der Waals surface area contributed by atoms with Crippen LogP contribution in [0.1, 0.15) is 24.8 Å². The SMILES string of the molecule is Cc1ccc(S(=O)(=O)NC2CCCC2N=[N+]=[N-])cc1. The highest BCUT2D eigenvalue weighted by molar-refractivity contribution is 7.89. The number of sulfonamides is 1. The molecule has 1 N–H and O–H groups in total. The normalized spacial score (nSPS) is 23.0. The highest BCUT2D eigenvalue weighted by Crippen LogP contribution is 2.24. The molecule has 2 rings (SSSR count). The molecule has 0 spiro atoms. The Kier molecular flexibility index (Phi) is 4.09. The van der Waals surface area contributed by atoms with Crippen LogP contribution in [0.25, 0.3) is 10.4 Å². The van der Waals surface area contributed by atoms with E-state index in [-0.39, 0.29) is 17.0 Å². The molecule has 102 valence electrons. The van der Waals surface area contributed by atoms with E-state index in [1.165, 1.54) is 0 Å². The van der Waals surface area contributed by atoms with Crippen LogP contribution in [0.4, 0.5) is 0 Å². The summed E-state index contributed by atoms with van der Waals surface area (Å²) in [6.45, 7) is 1.90. The van der Waals surface area contributed by atoms with Gasteiger partial charge in [-0.25, -0.2) is 13.1 Å². The van der Waals surface area contributed by atoms with Crippen LogP contribution < -0.4 is 4.72 Å². The number of azide groups is 1. The molecule has 1 aromatic carbocycles.